The van der Waals surface area contributed by atoms with E-state index in [0.717, 1.165) is 24.4 Å². The second kappa shape index (κ2) is 9.20. The van der Waals surface area contributed by atoms with Gasteiger partial charge in [-0.3, -0.25) is 0 Å². The highest BCUT2D eigenvalue weighted by molar-refractivity contribution is 4.98. The van der Waals surface area contributed by atoms with Crippen molar-refractivity contribution in [3.8, 4) is 0 Å². The zero-order valence-electron chi connectivity index (χ0n) is 18.0. The molecule has 2 aliphatic heterocycles. The quantitative estimate of drug-likeness (QED) is 0.476. The zero-order valence-corrected chi connectivity index (χ0v) is 20.1. The van der Waals surface area contributed by atoms with E-state index in [1.54, 1.807) is 0 Å². The molecule has 3 atom stereocenters. The number of fused-ring (bicyclic) bond motifs is 2. The molecule has 0 aromatic heterocycles. The molecule has 0 spiro atoms. The van der Waals surface area contributed by atoms with Gasteiger partial charge >= 0.3 is 0 Å². The SMILES string of the molecule is C[N+]1(C)[C@@H]2CCC[C@H]1C[C@@H](CC(O)(C1CCCCC1)C1CCCCC1)C2.[I-]. The summed E-state index contributed by atoms with van der Waals surface area (Å²) in [4.78, 5) is 0. The Morgan fingerprint density at radius 1 is 0.704 bits per heavy atom. The Morgan fingerprint density at radius 2 is 1.15 bits per heavy atom. The van der Waals surface area contributed by atoms with Gasteiger partial charge in [0.25, 0.3) is 0 Å². The van der Waals surface area contributed by atoms with Crippen molar-refractivity contribution in [2.45, 2.75) is 120 Å². The van der Waals surface area contributed by atoms with Crippen LogP contribution in [0.25, 0.3) is 0 Å². The lowest BCUT2D eigenvalue weighted by molar-refractivity contribution is -0.950. The summed E-state index contributed by atoms with van der Waals surface area (Å²) in [6.45, 7) is 0. The van der Waals surface area contributed by atoms with E-state index in [4.69, 9.17) is 0 Å². The van der Waals surface area contributed by atoms with E-state index in [-0.39, 0.29) is 29.6 Å². The molecule has 0 aromatic rings. The van der Waals surface area contributed by atoms with Crippen LogP contribution in [0.2, 0.25) is 0 Å². The van der Waals surface area contributed by atoms with Crippen molar-refractivity contribution in [2.24, 2.45) is 17.8 Å². The van der Waals surface area contributed by atoms with Crippen molar-refractivity contribution in [1.82, 2.24) is 0 Å². The van der Waals surface area contributed by atoms with Crippen molar-refractivity contribution in [1.29, 1.82) is 0 Å². The Bertz CT molecular complexity index is 433. The number of piperidine rings is 2. The molecule has 2 aliphatic carbocycles. The van der Waals surface area contributed by atoms with Gasteiger partial charge in [-0.1, -0.05) is 38.5 Å². The van der Waals surface area contributed by atoms with Crippen LogP contribution in [0.5, 0.6) is 0 Å². The van der Waals surface area contributed by atoms with Gasteiger partial charge in [0.15, 0.2) is 0 Å². The van der Waals surface area contributed by atoms with Gasteiger partial charge < -0.3 is 33.6 Å². The van der Waals surface area contributed by atoms with Crippen LogP contribution in [0.15, 0.2) is 0 Å². The van der Waals surface area contributed by atoms with E-state index in [9.17, 15) is 5.11 Å². The number of hydrogen-bond donors (Lipinski definition) is 1. The number of rotatable bonds is 4. The highest BCUT2D eigenvalue weighted by atomic mass is 127. The molecule has 1 N–H and O–H groups in total. The van der Waals surface area contributed by atoms with Crippen LogP contribution in [0.3, 0.4) is 0 Å². The number of halogens is 1. The van der Waals surface area contributed by atoms with Crippen LogP contribution < -0.4 is 24.0 Å². The Hall–Kier alpha value is 0.650. The maximum absolute atomic E-state index is 12.2. The minimum Gasteiger partial charge on any atom is -1.00 e. The van der Waals surface area contributed by atoms with Crippen LogP contribution in [0, 0.1) is 17.8 Å². The van der Waals surface area contributed by atoms with Gasteiger partial charge in [-0.2, -0.15) is 0 Å². The maximum atomic E-state index is 12.2. The molecular formula is C24H44INO. The van der Waals surface area contributed by atoms with E-state index in [0.29, 0.717) is 11.8 Å². The van der Waals surface area contributed by atoms with Crippen molar-refractivity contribution in [3.63, 3.8) is 0 Å². The summed E-state index contributed by atoms with van der Waals surface area (Å²) in [5.74, 6) is 1.98. The fourth-order valence-electron chi connectivity index (χ4n) is 7.70. The lowest BCUT2D eigenvalue weighted by atomic mass is 9.61. The third kappa shape index (κ3) is 4.55. The molecule has 2 saturated carbocycles. The van der Waals surface area contributed by atoms with Gasteiger partial charge in [0, 0.05) is 12.8 Å². The first kappa shape index (κ1) is 22.3. The van der Waals surface area contributed by atoms with Gasteiger partial charge in [0.05, 0.1) is 31.8 Å². The first-order valence-corrected chi connectivity index (χ1v) is 12.1. The smallest absolute Gasteiger partial charge is 0.0891 e. The molecule has 2 bridgehead atoms. The molecule has 0 unspecified atom stereocenters. The monoisotopic (exact) mass is 489 g/mol. The molecule has 27 heavy (non-hydrogen) atoms. The molecule has 4 fully saturated rings. The van der Waals surface area contributed by atoms with E-state index < -0.39 is 0 Å². The molecular weight excluding hydrogens is 445 g/mol. The third-order valence-electron chi connectivity index (χ3n) is 9.41. The number of aliphatic hydroxyl groups is 1. The van der Waals surface area contributed by atoms with Gasteiger partial charge in [-0.15, -0.1) is 0 Å². The number of quaternary nitrogens is 1. The first-order chi connectivity index (χ1) is 12.5. The van der Waals surface area contributed by atoms with Crippen molar-refractivity contribution in [3.05, 3.63) is 0 Å². The zero-order chi connectivity index (χ0) is 18.2. The van der Waals surface area contributed by atoms with Crippen LogP contribution in [-0.4, -0.2) is 41.4 Å². The van der Waals surface area contributed by atoms with Crippen molar-refractivity contribution < 1.29 is 33.6 Å². The van der Waals surface area contributed by atoms with Gasteiger partial charge in [0.1, 0.15) is 0 Å². The number of nitrogens with zero attached hydrogens (tertiary/aromatic N) is 1. The summed E-state index contributed by atoms with van der Waals surface area (Å²) in [7, 11) is 4.97. The Balaban J connectivity index is 0.00000210. The molecule has 2 heterocycles. The van der Waals surface area contributed by atoms with Crippen LogP contribution in [0.4, 0.5) is 0 Å². The minimum absolute atomic E-state index is 0. The Kier molecular flexibility index (Phi) is 7.61. The van der Waals surface area contributed by atoms with Crippen LogP contribution in [0.1, 0.15) is 103 Å². The minimum atomic E-state index is -0.339. The van der Waals surface area contributed by atoms with E-state index in [2.05, 4.69) is 14.1 Å². The highest BCUT2D eigenvalue weighted by Crippen LogP contribution is 2.50. The van der Waals surface area contributed by atoms with Crippen molar-refractivity contribution >= 4 is 0 Å². The summed E-state index contributed by atoms with van der Waals surface area (Å²) < 4.78 is 1.27. The molecule has 0 amide bonds. The molecule has 4 rings (SSSR count). The van der Waals surface area contributed by atoms with Gasteiger partial charge in [0.2, 0.25) is 0 Å². The Morgan fingerprint density at radius 3 is 1.59 bits per heavy atom. The first-order valence-electron chi connectivity index (χ1n) is 12.1. The van der Waals surface area contributed by atoms with Crippen LogP contribution in [-0.2, 0) is 0 Å². The maximum Gasteiger partial charge on any atom is 0.0891 e. The highest BCUT2D eigenvalue weighted by Gasteiger charge is 2.50. The van der Waals surface area contributed by atoms with E-state index in [1.165, 1.54) is 101 Å². The second-order valence-electron chi connectivity index (χ2n) is 11.1. The summed E-state index contributed by atoms with van der Waals surface area (Å²) >= 11 is 0. The largest absolute Gasteiger partial charge is 1.00 e. The fraction of sp³-hybridized carbons (Fsp3) is 1.00. The van der Waals surface area contributed by atoms with E-state index >= 15 is 0 Å². The van der Waals surface area contributed by atoms with Gasteiger partial charge in [-0.05, 0) is 69.1 Å². The molecule has 3 heteroatoms. The molecule has 4 aliphatic rings. The fourth-order valence-corrected chi connectivity index (χ4v) is 7.70. The third-order valence-corrected chi connectivity index (χ3v) is 9.41. The number of hydrogen-bond acceptors (Lipinski definition) is 1. The summed E-state index contributed by atoms with van der Waals surface area (Å²) in [6.07, 6.45) is 21.6. The summed E-state index contributed by atoms with van der Waals surface area (Å²) in [5.41, 5.74) is -0.339. The lowest BCUT2D eigenvalue weighted by Gasteiger charge is -2.55. The summed E-state index contributed by atoms with van der Waals surface area (Å²) in [6, 6.07) is 1.71. The lowest BCUT2D eigenvalue weighted by Crippen LogP contribution is -3.00. The molecule has 2 nitrogen and oxygen atoms in total. The molecule has 2 saturated heterocycles. The van der Waals surface area contributed by atoms with Crippen LogP contribution >= 0.6 is 0 Å². The molecule has 0 aromatic carbocycles. The standard InChI is InChI=1S/C24H44NO.HI/c1-25(2)22-14-9-15-23(25)17-19(16-22)18-24(26,20-10-5-3-6-11-20)21-12-7-4-8-13-21;/h19-23,26H,3-18H2,1-2H3;1H/q+1;/p-1/t19-,22+,23-;. The van der Waals surface area contributed by atoms with E-state index in [1.807, 2.05) is 0 Å². The Labute approximate surface area is 185 Å². The second-order valence-corrected chi connectivity index (χ2v) is 11.1. The van der Waals surface area contributed by atoms with Gasteiger partial charge in [-0.25, -0.2) is 0 Å². The van der Waals surface area contributed by atoms with Crippen molar-refractivity contribution in [2.75, 3.05) is 14.1 Å². The molecule has 158 valence electrons. The normalized spacial score (nSPS) is 35.4. The molecule has 0 radical (unpaired) electrons. The average molecular weight is 490 g/mol. The average Bonchev–Trinajstić information content (AvgIpc) is 2.64. The topological polar surface area (TPSA) is 20.2 Å². The summed E-state index contributed by atoms with van der Waals surface area (Å²) in [5, 5.41) is 12.2. The predicted molar refractivity (Wildman–Crippen MR) is 109 cm³/mol. The predicted octanol–water partition coefficient (Wildman–Crippen LogP) is 2.68.